The third kappa shape index (κ3) is 6.58. The summed E-state index contributed by atoms with van der Waals surface area (Å²) in [5, 5.41) is 6.70. The molecule has 0 aliphatic rings. The predicted octanol–water partition coefficient (Wildman–Crippen LogP) is 4.34. The van der Waals surface area contributed by atoms with Gasteiger partial charge in [0.1, 0.15) is 11.4 Å². The molecular weight excluding hydrogens is 422 g/mol. The third-order valence-electron chi connectivity index (χ3n) is 4.45. The van der Waals surface area contributed by atoms with Gasteiger partial charge in [-0.25, -0.2) is 5.43 Å². The van der Waals surface area contributed by atoms with Gasteiger partial charge in [0.25, 0.3) is 11.8 Å². The second-order valence-electron chi connectivity index (χ2n) is 6.62. The summed E-state index contributed by atoms with van der Waals surface area (Å²) in [6, 6.07) is 23.6. The fourth-order valence-corrected chi connectivity index (χ4v) is 3.13. The van der Waals surface area contributed by atoms with Gasteiger partial charge in [-0.2, -0.15) is 5.10 Å². The SMILES string of the molecule is COc1ccc(/C=C(/NC(=O)c2ccccc2)C(=O)N/N=C/c2ccc(SC)cc2)cc1. The highest BCUT2D eigenvalue weighted by Crippen LogP contribution is 2.15. The smallest absolute Gasteiger partial charge is 0.287 e. The number of rotatable bonds is 8. The maximum Gasteiger partial charge on any atom is 0.287 e. The largest absolute Gasteiger partial charge is 0.497 e. The number of methoxy groups -OCH3 is 1. The van der Waals surface area contributed by atoms with Crippen LogP contribution in [-0.2, 0) is 4.79 Å². The summed E-state index contributed by atoms with van der Waals surface area (Å²) in [7, 11) is 1.58. The van der Waals surface area contributed by atoms with E-state index >= 15 is 0 Å². The Morgan fingerprint density at radius 2 is 1.56 bits per heavy atom. The van der Waals surface area contributed by atoms with E-state index in [1.54, 1.807) is 79.7 Å². The molecular formula is C25H23N3O3S. The van der Waals surface area contributed by atoms with Crippen LogP contribution >= 0.6 is 11.8 Å². The molecule has 0 aliphatic heterocycles. The predicted molar refractivity (Wildman–Crippen MR) is 129 cm³/mol. The van der Waals surface area contributed by atoms with Crippen LogP contribution in [-0.4, -0.2) is 31.4 Å². The van der Waals surface area contributed by atoms with E-state index in [4.69, 9.17) is 4.74 Å². The standard InChI is InChI=1S/C25H23N3O3S/c1-31-21-12-8-18(9-13-21)16-23(27-24(29)20-6-4-3-5-7-20)25(30)28-26-17-19-10-14-22(32-2)15-11-19/h3-17H,1-2H3,(H,27,29)(H,28,30)/b23-16+,26-17+. The second kappa shape index (κ2) is 11.5. The zero-order valence-electron chi connectivity index (χ0n) is 17.7. The molecule has 0 saturated carbocycles. The molecule has 0 bridgehead atoms. The highest BCUT2D eigenvalue weighted by Gasteiger charge is 2.14. The summed E-state index contributed by atoms with van der Waals surface area (Å²) in [5.74, 6) is -0.238. The summed E-state index contributed by atoms with van der Waals surface area (Å²) in [5.41, 5.74) is 4.56. The molecule has 0 fully saturated rings. The van der Waals surface area contributed by atoms with E-state index < -0.39 is 11.8 Å². The molecule has 3 aromatic carbocycles. The molecule has 162 valence electrons. The second-order valence-corrected chi connectivity index (χ2v) is 7.50. The highest BCUT2D eigenvalue weighted by atomic mass is 32.2. The van der Waals surface area contributed by atoms with Crippen LogP contribution in [0.4, 0.5) is 0 Å². The normalized spacial score (nSPS) is 11.2. The Labute approximate surface area is 191 Å². The molecule has 7 heteroatoms. The van der Waals surface area contributed by atoms with Crippen LogP contribution in [0.5, 0.6) is 5.75 Å². The average molecular weight is 446 g/mol. The van der Waals surface area contributed by atoms with Crippen LogP contribution in [0, 0.1) is 0 Å². The highest BCUT2D eigenvalue weighted by molar-refractivity contribution is 7.98. The van der Waals surface area contributed by atoms with Gasteiger partial charge in [-0.15, -0.1) is 11.8 Å². The third-order valence-corrected chi connectivity index (χ3v) is 5.19. The number of carbonyl (C=O) groups excluding carboxylic acids is 2. The van der Waals surface area contributed by atoms with E-state index in [2.05, 4.69) is 15.8 Å². The van der Waals surface area contributed by atoms with Crippen molar-refractivity contribution >= 4 is 35.9 Å². The number of nitrogens with zero attached hydrogens (tertiary/aromatic N) is 1. The average Bonchev–Trinajstić information content (AvgIpc) is 2.85. The van der Waals surface area contributed by atoms with Crippen LogP contribution in [0.25, 0.3) is 6.08 Å². The summed E-state index contributed by atoms with van der Waals surface area (Å²) in [4.78, 5) is 26.5. The Morgan fingerprint density at radius 3 is 2.19 bits per heavy atom. The summed E-state index contributed by atoms with van der Waals surface area (Å²) >= 11 is 1.65. The van der Waals surface area contributed by atoms with Crippen molar-refractivity contribution in [3.8, 4) is 5.75 Å². The fourth-order valence-electron chi connectivity index (χ4n) is 2.72. The maximum absolute atomic E-state index is 12.8. The zero-order valence-corrected chi connectivity index (χ0v) is 18.6. The molecule has 3 aromatic rings. The van der Waals surface area contributed by atoms with E-state index in [9.17, 15) is 9.59 Å². The van der Waals surface area contributed by atoms with Gasteiger partial charge in [0.15, 0.2) is 0 Å². The zero-order chi connectivity index (χ0) is 22.8. The first-order valence-electron chi connectivity index (χ1n) is 9.78. The van der Waals surface area contributed by atoms with Gasteiger partial charge < -0.3 is 10.1 Å². The van der Waals surface area contributed by atoms with Crippen molar-refractivity contribution in [1.82, 2.24) is 10.7 Å². The quantitative estimate of drug-likeness (QED) is 0.234. The minimum absolute atomic E-state index is 0.0684. The van der Waals surface area contributed by atoms with E-state index in [1.807, 2.05) is 36.6 Å². The van der Waals surface area contributed by atoms with Crippen LogP contribution < -0.4 is 15.5 Å². The molecule has 0 aromatic heterocycles. The van der Waals surface area contributed by atoms with Gasteiger partial charge in [0, 0.05) is 10.5 Å². The Balaban J connectivity index is 1.78. The van der Waals surface area contributed by atoms with Gasteiger partial charge in [-0.05, 0) is 59.9 Å². The number of nitrogens with one attached hydrogen (secondary N) is 2. The molecule has 32 heavy (non-hydrogen) atoms. The van der Waals surface area contributed by atoms with E-state index in [0.717, 1.165) is 16.0 Å². The van der Waals surface area contributed by atoms with Crippen molar-refractivity contribution in [2.45, 2.75) is 4.90 Å². The fraction of sp³-hybridized carbons (Fsp3) is 0.0800. The van der Waals surface area contributed by atoms with E-state index in [0.29, 0.717) is 11.3 Å². The summed E-state index contributed by atoms with van der Waals surface area (Å²) < 4.78 is 5.16. The number of hydrazone groups is 1. The number of hydrogen-bond acceptors (Lipinski definition) is 5. The number of thioether (sulfide) groups is 1. The minimum atomic E-state index is -0.540. The molecule has 0 aliphatic carbocycles. The number of amides is 2. The topological polar surface area (TPSA) is 79.8 Å². The summed E-state index contributed by atoms with van der Waals surface area (Å²) in [6.07, 6.45) is 5.13. The monoisotopic (exact) mass is 445 g/mol. The first-order valence-corrected chi connectivity index (χ1v) is 11.0. The molecule has 6 nitrogen and oxygen atoms in total. The van der Waals surface area contributed by atoms with E-state index in [-0.39, 0.29) is 5.70 Å². The molecule has 0 radical (unpaired) electrons. The number of ether oxygens (including phenoxy) is 1. The van der Waals surface area contributed by atoms with Gasteiger partial charge in [0.05, 0.1) is 13.3 Å². The first-order chi connectivity index (χ1) is 15.6. The Kier molecular flexibility index (Phi) is 8.22. The Hall–Kier alpha value is -3.84. The van der Waals surface area contributed by atoms with Crippen molar-refractivity contribution < 1.29 is 14.3 Å². The maximum atomic E-state index is 12.8. The molecule has 3 rings (SSSR count). The molecule has 0 saturated heterocycles. The lowest BCUT2D eigenvalue weighted by Crippen LogP contribution is -2.32. The molecule has 0 spiro atoms. The molecule has 0 atom stereocenters. The van der Waals surface area contributed by atoms with Crippen LogP contribution in [0.1, 0.15) is 21.5 Å². The van der Waals surface area contributed by atoms with Gasteiger partial charge >= 0.3 is 0 Å². The minimum Gasteiger partial charge on any atom is -0.497 e. The van der Waals surface area contributed by atoms with Gasteiger partial charge in [-0.1, -0.05) is 42.5 Å². The van der Waals surface area contributed by atoms with Crippen molar-refractivity contribution in [2.75, 3.05) is 13.4 Å². The Morgan fingerprint density at radius 1 is 0.906 bits per heavy atom. The van der Waals surface area contributed by atoms with Gasteiger partial charge in [0.2, 0.25) is 0 Å². The van der Waals surface area contributed by atoms with Crippen LogP contribution in [0.3, 0.4) is 0 Å². The molecule has 2 amide bonds. The number of carbonyl (C=O) groups is 2. The number of benzene rings is 3. The van der Waals surface area contributed by atoms with Crippen molar-refractivity contribution in [1.29, 1.82) is 0 Å². The first kappa shape index (κ1) is 22.8. The lowest BCUT2D eigenvalue weighted by molar-refractivity contribution is -0.117. The molecule has 2 N–H and O–H groups in total. The lowest BCUT2D eigenvalue weighted by atomic mass is 10.1. The lowest BCUT2D eigenvalue weighted by Gasteiger charge is -2.09. The van der Waals surface area contributed by atoms with Crippen molar-refractivity contribution in [3.05, 3.63) is 101 Å². The van der Waals surface area contributed by atoms with E-state index in [1.165, 1.54) is 0 Å². The van der Waals surface area contributed by atoms with Crippen LogP contribution in [0.2, 0.25) is 0 Å². The molecule has 0 heterocycles. The van der Waals surface area contributed by atoms with Crippen molar-refractivity contribution in [2.24, 2.45) is 5.10 Å². The number of hydrogen-bond donors (Lipinski definition) is 2. The van der Waals surface area contributed by atoms with Crippen molar-refractivity contribution in [3.63, 3.8) is 0 Å². The molecule has 0 unspecified atom stereocenters. The van der Waals surface area contributed by atoms with Gasteiger partial charge in [-0.3, -0.25) is 9.59 Å². The Bertz CT molecular complexity index is 1110. The van der Waals surface area contributed by atoms with Crippen LogP contribution in [0.15, 0.2) is 94.6 Å². The summed E-state index contributed by atoms with van der Waals surface area (Å²) in [6.45, 7) is 0.